The zero-order valence-electron chi connectivity index (χ0n) is 13.0. The van der Waals surface area contributed by atoms with Gasteiger partial charge < -0.3 is 4.90 Å². The summed E-state index contributed by atoms with van der Waals surface area (Å²) in [5, 5.41) is 3.69. The number of azide groups is 1. The highest BCUT2D eigenvalue weighted by molar-refractivity contribution is 5.94. The average Bonchev–Trinajstić information content (AvgIpc) is 2.48. The van der Waals surface area contributed by atoms with Crippen molar-refractivity contribution in [1.82, 2.24) is 4.90 Å². The van der Waals surface area contributed by atoms with Crippen molar-refractivity contribution in [3.8, 4) is 0 Å². The highest BCUT2D eigenvalue weighted by atomic mass is 16.2. The Morgan fingerprint density at radius 2 is 2.00 bits per heavy atom. The van der Waals surface area contributed by atoms with Crippen LogP contribution in [0.4, 0.5) is 0 Å². The monoisotopic (exact) mass is 286 g/mol. The van der Waals surface area contributed by atoms with Gasteiger partial charge in [0, 0.05) is 30.1 Å². The summed E-state index contributed by atoms with van der Waals surface area (Å²) in [6.45, 7) is 8.16. The highest BCUT2D eigenvalue weighted by Gasteiger charge is 2.31. The van der Waals surface area contributed by atoms with Crippen molar-refractivity contribution < 1.29 is 4.79 Å². The lowest BCUT2D eigenvalue weighted by atomic mass is 9.80. The van der Waals surface area contributed by atoms with Crippen LogP contribution in [-0.2, 0) is 0 Å². The molecule has 0 aromatic heterocycles. The number of likely N-dealkylation sites (tertiary alicyclic amines) is 1. The van der Waals surface area contributed by atoms with Crippen LogP contribution in [0.25, 0.3) is 10.4 Å². The van der Waals surface area contributed by atoms with E-state index < -0.39 is 0 Å². The Kier molecular flexibility index (Phi) is 4.53. The quantitative estimate of drug-likeness (QED) is 0.472. The van der Waals surface area contributed by atoms with Crippen LogP contribution in [0, 0.1) is 19.3 Å². The standard InChI is InChI=1S/C16H22N4O/c1-12-4-5-14(10-13(12)2)15(21)20-8-6-16(3,7-9-20)11-18-19-17/h4-5,10H,6-9,11H2,1-3H3. The summed E-state index contributed by atoms with van der Waals surface area (Å²) < 4.78 is 0. The van der Waals surface area contributed by atoms with Gasteiger partial charge >= 0.3 is 0 Å². The maximum Gasteiger partial charge on any atom is 0.253 e. The van der Waals surface area contributed by atoms with E-state index in [-0.39, 0.29) is 11.3 Å². The van der Waals surface area contributed by atoms with Gasteiger partial charge in [0.25, 0.3) is 5.91 Å². The van der Waals surface area contributed by atoms with E-state index in [1.165, 1.54) is 5.56 Å². The van der Waals surface area contributed by atoms with Gasteiger partial charge in [-0.2, -0.15) is 0 Å². The molecule has 5 heteroatoms. The van der Waals surface area contributed by atoms with Crippen LogP contribution in [0.2, 0.25) is 0 Å². The first kappa shape index (κ1) is 15.4. The fraction of sp³-hybridized carbons (Fsp3) is 0.562. The van der Waals surface area contributed by atoms with Gasteiger partial charge in [-0.05, 0) is 60.9 Å². The van der Waals surface area contributed by atoms with Gasteiger partial charge in [-0.1, -0.05) is 18.1 Å². The molecule has 0 atom stereocenters. The zero-order valence-corrected chi connectivity index (χ0v) is 13.0. The van der Waals surface area contributed by atoms with Crippen LogP contribution in [0.5, 0.6) is 0 Å². The molecule has 0 aliphatic carbocycles. The Hall–Kier alpha value is -2.00. The topological polar surface area (TPSA) is 69.1 Å². The zero-order chi connectivity index (χ0) is 15.5. The molecule has 112 valence electrons. The Bertz CT molecular complexity index is 582. The number of aryl methyl sites for hydroxylation is 2. The first-order chi connectivity index (χ1) is 9.95. The molecule has 1 aliphatic rings. The molecule has 0 spiro atoms. The van der Waals surface area contributed by atoms with E-state index in [4.69, 9.17) is 5.53 Å². The number of carbonyl (C=O) groups excluding carboxylic acids is 1. The highest BCUT2D eigenvalue weighted by Crippen LogP contribution is 2.31. The van der Waals surface area contributed by atoms with Crippen LogP contribution in [0.15, 0.2) is 23.3 Å². The molecule has 1 saturated heterocycles. The number of nitrogens with zero attached hydrogens (tertiary/aromatic N) is 4. The molecule has 1 aromatic rings. The minimum absolute atomic E-state index is 0.0200. The number of piperidine rings is 1. The van der Waals surface area contributed by atoms with E-state index in [9.17, 15) is 4.79 Å². The van der Waals surface area contributed by atoms with Gasteiger partial charge in [-0.3, -0.25) is 4.79 Å². The molecular weight excluding hydrogens is 264 g/mol. The van der Waals surface area contributed by atoms with Gasteiger partial charge in [0.05, 0.1) is 0 Å². The first-order valence-corrected chi connectivity index (χ1v) is 7.33. The summed E-state index contributed by atoms with van der Waals surface area (Å²) in [6.07, 6.45) is 1.76. The normalized spacial score (nSPS) is 17.2. The fourth-order valence-electron chi connectivity index (χ4n) is 2.67. The van der Waals surface area contributed by atoms with Gasteiger partial charge in [0.2, 0.25) is 0 Å². The van der Waals surface area contributed by atoms with Crippen molar-refractivity contribution in [2.24, 2.45) is 10.5 Å². The summed E-state index contributed by atoms with van der Waals surface area (Å²) >= 11 is 0. The van der Waals surface area contributed by atoms with Crippen LogP contribution in [0.1, 0.15) is 41.3 Å². The Morgan fingerprint density at radius 1 is 1.33 bits per heavy atom. The maximum atomic E-state index is 12.5. The smallest absolute Gasteiger partial charge is 0.253 e. The molecule has 0 bridgehead atoms. The van der Waals surface area contributed by atoms with Crippen LogP contribution in [0.3, 0.4) is 0 Å². The van der Waals surface area contributed by atoms with Gasteiger partial charge in [0.15, 0.2) is 0 Å². The second-order valence-corrected chi connectivity index (χ2v) is 6.29. The molecule has 1 aliphatic heterocycles. The number of benzene rings is 1. The number of carbonyl (C=O) groups is 1. The molecule has 21 heavy (non-hydrogen) atoms. The molecule has 1 fully saturated rings. The van der Waals surface area contributed by atoms with Crippen molar-refractivity contribution in [2.75, 3.05) is 19.6 Å². The van der Waals surface area contributed by atoms with E-state index in [0.717, 1.165) is 37.1 Å². The summed E-state index contributed by atoms with van der Waals surface area (Å²) in [5.74, 6) is 0.101. The molecule has 0 radical (unpaired) electrons. The number of hydrogen-bond donors (Lipinski definition) is 0. The second-order valence-electron chi connectivity index (χ2n) is 6.29. The molecule has 1 amide bonds. The van der Waals surface area contributed by atoms with E-state index in [2.05, 4.69) is 16.9 Å². The summed E-state index contributed by atoms with van der Waals surface area (Å²) in [4.78, 5) is 17.3. The second kappa shape index (κ2) is 6.19. The van der Waals surface area contributed by atoms with E-state index >= 15 is 0 Å². The van der Waals surface area contributed by atoms with Gasteiger partial charge in [-0.15, -0.1) is 0 Å². The third kappa shape index (κ3) is 3.56. The largest absolute Gasteiger partial charge is 0.339 e. The number of hydrogen-bond acceptors (Lipinski definition) is 2. The first-order valence-electron chi connectivity index (χ1n) is 7.33. The molecule has 2 rings (SSSR count). The molecule has 1 heterocycles. The third-order valence-corrected chi connectivity index (χ3v) is 4.53. The minimum Gasteiger partial charge on any atom is -0.339 e. The minimum atomic E-state index is 0.0200. The van der Waals surface area contributed by atoms with Crippen molar-refractivity contribution in [2.45, 2.75) is 33.6 Å². The Balaban J connectivity index is 2.03. The van der Waals surface area contributed by atoms with Crippen molar-refractivity contribution in [3.63, 3.8) is 0 Å². The van der Waals surface area contributed by atoms with Crippen molar-refractivity contribution in [3.05, 3.63) is 45.3 Å². The van der Waals surface area contributed by atoms with E-state index in [1.54, 1.807) is 0 Å². The maximum absolute atomic E-state index is 12.5. The predicted molar refractivity (Wildman–Crippen MR) is 83.2 cm³/mol. The average molecular weight is 286 g/mol. The van der Waals surface area contributed by atoms with Crippen LogP contribution >= 0.6 is 0 Å². The Labute approximate surface area is 125 Å². The predicted octanol–water partition coefficient (Wildman–Crippen LogP) is 3.86. The molecule has 0 unspecified atom stereocenters. The van der Waals surface area contributed by atoms with Gasteiger partial charge in [0.1, 0.15) is 0 Å². The lowest BCUT2D eigenvalue weighted by Gasteiger charge is -2.38. The summed E-state index contributed by atoms with van der Waals surface area (Å²) in [7, 11) is 0. The molecule has 5 nitrogen and oxygen atoms in total. The van der Waals surface area contributed by atoms with Crippen molar-refractivity contribution >= 4 is 5.91 Å². The summed E-state index contributed by atoms with van der Waals surface area (Å²) in [6, 6.07) is 5.86. The Morgan fingerprint density at radius 3 is 2.57 bits per heavy atom. The number of amides is 1. The van der Waals surface area contributed by atoms with E-state index in [1.807, 2.05) is 36.9 Å². The van der Waals surface area contributed by atoms with E-state index in [0.29, 0.717) is 6.54 Å². The summed E-state index contributed by atoms with van der Waals surface area (Å²) in [5.41, 5.74) is 11.6. The fourth-order valence-corrected chi connectivity index (χ4v) is 2.67. The molecule has 0 saturated carbocycles. The van der Waals surface area contributed by atoms with Crippen LogP contribution < -0.4 is 0 Å². The lowest BCUT2D eigenvalue weighted by molar-refractivity contribution is 0.0617. The van der Waals surface area contributed by atoms with Crippen LogP contribution in [-0.4, -0.2) is 30.4 Å². The molecular formula is C16H22N4O. The SMILES string of the molecule is Cc1ccc(C(=O)N2CCC(C)(CN=[N+]=[N-])CC2)cc1C. The third-order valence-electron chi connectivity index (χ3n) is 4.53. The number of rotatable bonds is 3. The molecule has 0 N–H and O–H groups in total. The van der Waals surface area contributed by atoms with Gasteiger partial charge in [-0.25, -0.2) is 0 Å². The molecule has 1 aromatic carbocycles. The van der Waals surface area contributed by atoms with Crippen molar-refractivity contribution in [1.29, 1.82) is 0 Å². The lowest BCUT2D eigenvalue weighted by Crippen LogP contribution is -2.43.